The summed E-state index contributed by atoms with van der Waals surface area (Å²) >= 11 is 0. The topological polar surface area (TPSA) is 107 Å². The molecule has 2 atom stereocenters. The molecule has 1 unspecified atom stereocenters. The number of rotatable bonds is 21. The summed E-state index contributed by atoms with van der Waals surface area (Å²) in [5, 5.41) is 0. The molecule has 0 aliphatic heterocycles. The summed E-state index contributed by atoms with van der Waals surface area (Å²) < 4.78 is 32.7. The summed E-state index contributed by atoms with van der Waals surface area (Å²) in [5.74, 6) is -0.274. The fourth-order valence-electron chi connectivity index (χ4n) is 3.61. The van der Waals surface area contributed by atoms with E-state index < -0.39 is 16.2 Å². The second-order valence-corrected chi connectivity index (χ2v) is 11.6. The number of nitrogens with two attached hydrogens (primary N) is 1. The van der Waals surface area contributed by atoms with Crippen molar-refractivity contribution in [2.45, 2.75) is 156 Å². The monoisotopic (exact) mass is 507 g/mol. The third-order valence-electron chi connectivity index (χ3n) is 6.15. The van der Waals surface area contributed by atoms with Crippen LogP contribution in [0, 0.1) is 5.92 Å². The van der Waals surface area contributed by atoms with Crippen molar-refractivity contribution in [1.29, 1.82) is 0 Å². The molecular formula is C27H57NO5S. The first kappa shape index (κ1) is 35.5. The highest BCUT2D eigenvalue weighted by Crippen LogP contribution is 2.18. The Kier molecular flexibility index (Phi) is 25.1. The molecule has 7 heteroatoms. The Morgan fingerprint density at radius 3 is 1.35 bits per heavy atom. The minimum absolute atomic E-state index is 0.0630. The van der Waals surface area contributed by atoms with Crippen LogP contribution in [0.25, 0.3) is 0 Å². The van der Waals surface area contributed by atoms with E-state index in [-0.39, 0.29) is 23.7 Å². The molecule has 0 bridgehead atoms. The first-order valence-electron chi connectivity index (χ1n) is 14.0. The molecule has 0 amide bonds. The third-order valence-corrected chi connectivity index (χ3v) is 6.88. The minimum atomic E-state index is -3.66. The number of carbonyl (C=O) groups excluding carboxylic acids is 1. The van der Waals surface area contributed by atoms with Crippen molar-refractivity contribution in [3.05, 3.63) is 0 Å². The van der Waals surface area contributed by atoms with Crippen LogP contribution < -0.4 is 5.73 Å². The van der Waals surface area contributed by atoms with Crippen molar-refractivity contribution in [2.75, 3.05) is 5.75 Å². The largest absolute Gasteiger partial charge is 0.461 e. The summed E-state index contributed by atoms with van der Waals surface area (Å²) in [6, 6.07) is -0.491. The van der Waals surface area contributed by atoms with Crippen LogP contribution in [0.2, 0.25) is 0 Å². The quantitative estimate of drug-likeness (QED) is 0.0949. The van der Waals surface area contributed by atoms with Crippen LogP contribution in [0.4, 0.5) is 0 Å². The highest BCUT2D eigenvalue weighted by atomic mass is 32.2. The second kappa shape index (κ2) is 24.1. The molecule has 0 fully saturated rings. The zero-order chi connectivity index (χ0) is 26.2. The lowest BCUT2D eigenvalue weighted by Crippen LogP contribution is -2.39. The van der Waals surface area contributed by atoms with Gasteiger partial charge < -0.3 is 10.5 Å². The molecule has 0 saturated carbocycles. The molecule has 0 aromatic heterocycles. The van der Waals surface area contributed by atoms with E-state index in [4.69, 9.17) is 15.0 Å². The molecule has 0 aliphatic rings. The molecule has 0 aromatic carbocycles. The van der Waals surface area contributed by atoms with Crippen molar-refractivity contribution in [2.24, 2.45) is 11.7 Å². The first-order valence-corrected chi connectivity index (χ1v) is 15.6. The maximum Gasteiger partial charge on any atom is 0.323 e. The maximum absolute atomic E-state index is 12.3. The van der Waals surface area contributed by atoms with Gasteiger partial charge in [0.05, 0.1) is 5.75 Å². The van der Waals surface area contributed by atoms with Gasteiger partial charge in [-0.3, -0.25) is 9.35 Å². The molecule has 0 heterocycles. The predicted molar refractivity (Wildman–Crippen MR) is 145 cm³/mol. The van der Waals surface area contributed by atoms with Gasteiger partial charge in [0, 0.05) is 0 Å². The Labute approximate surface area is 211 Å². The van der Waals surface area contributed by atoms with E-state index in [2.05, 4.69) is 13.8 Å². The van der Waals surface area contributed by atoms with Gasteiger partial charge in [-0.25, -0.2) is 0 Å². The smallest absolute Gasteiger partial charge is 0.323 e. The fourth-order valence-corrected chi connectivity index (χ4v) is 3.61. The number of unbranched alkanes of at least 4 members (excludes halogenated alkanes) is 13. The summed E-state index contributed by atoms with van der Waals surface area (Å²) in [6.45, 7) is 9.85. The first-order chi connectivity index (χ1) is 16.1. The lowest BCUT2D eigenvalue weighted by molar-refractivity contribution is -0.152. The molecular weight excluding hydrogens is 450 g/mol. The SMILES string of the molecule is CCCCCCCCCCCC(CCCCCCCC)OC(=O)[C@@H](N)C(C)C.CCS(=O)(=O)O. The zero-order valence-electron chi connectivity index (χ0n) is 23.0. The molecule has 0 saturated heterocycles. The molecule has 0 radical (unpaired) electrons. The van der Waals surface area contributed by atoms with Gasteiger partial charge in [-0.1, -0.05) is 111 Å². The van der Waals surface area contributed by atoms with Gasteiger partial charge in [0.1, 0.15) is 12.1 Å². The van der Waals surface area contributed by atoms with Crippen molar-refractivity contribution in [1.82, 2.24) is 0 Å². The molecule has 0 rings (SSSR count). The molecule has 0 aromatic rings. The van der Waals surface area contributed by atoms with Crippen LogP contribution in [0.5, 0.6) is 0 Å². The van der Waals surface area contributed by atoms with E-state index in [1.54, 1.807) is 0 Å². The second-order valence-electron chi connectivity index (χ2n) is 9.87. The average Bonchev–Trinajstić information content (AvgIpc) is 2.79. The summed E-state index contributed by atoms with van der Waals surface area (Å²) in [5.41, 5.74) is 5.99. The van der Waals surface area contributed by atoms with Gasteiger partial charge >= 0.3 is 5.97 Å². The lowest BCUT2D eigenvalue weighted by Gasteiger charge is -2.22. The number of carbonyl (C=O) groups is 1. The standard InChI is InChI=1S/C25H51NO2.C2H6O3S/c1-5-7-9-11-13-14-15-17-19-21-23(20-18-16-12-10-8-6-2)28-25(27)24(26)22(3)4;1-2-6(3,4)5/h22-24H,5-21,26H2,1-4H3;2H2,1H3,(H,3,4,5)/t23?,24-;/m0./s1. The van der Waals surface area contributed by atoms with Crippen LogP contribution >= 0.6 is 0 Å². The van der Waals surface area contributed by atoms with Crippen LogP contribution in [0.3, 0.4) is 0 Å². The van der Waals surface area contributed by atoms with E-state index in [0.717, 1.165) is 19.3 Å². The van der Waals surface area contributed by atoms with Crippen LogP contribution in [0.15, 0.2) is 0 Å². The van der Waals surface area contributed by atoms with Crippen LogP contribution in [0.1, 0.15) is 144 Å². The Balaban J connectivity index is 0. The van der Waals surface area contributed by atoms with Gasteiger partial charge in [0.25, 0.3) is 10.1 Å². The highest BCUT2D eigenvalue weighted by molar-refractivity contribution is 7.85. The van der Waals surface area contributed by atoms with E-state index in [0.29, 0.717) is 0 Å². The predicted octanol–water partition coefficient (Wildman–Crippen LogP) is 7.45. The number of hydrogen-bond acceptors (Lipinski definition) is 5. The Morgan fingerprint density at radius 2 is 1.06 bits per heavy atom. The number of ether oxygens (including phenoxy) is 1. The van der Waals surface area contributed by atoms with Gasteiger partial charge in [-0.15, -0.1) is 0 Å². The molecule has 0 spiro atoms. The maximum atomic E-state index is 12.3. The van der Waals surface area contributed by atoms with Gasteiger partial charge in [0.15, 0.2) is 0 Å². The van der Waals surface area contributed by atoms with Gasteiger partial charge in [-0.05, 0) is 38.5 Å². The average molecular weight is 508 g/mol. The molecule has 3 N–H and O–H groups in total. The van der Waals surface area contributed by atoms with E-state index in [9.17, 15) is 13.2 Å². The van der Waals surface area contributed by atoms with Crippen LogP contribution in [-0.2, 0) is 19.6 Å². The Bertz CT molecular complexity index is 551. The molecule has 6 nitrogen and oxygen atoms in total. The van der Waals surface area contributed by atoms with E-state index >= 15 is 0 Å². The molecule has 0 aliphatic carbocycles. The van der Waals surface area contributed by atoms with Crippen molar-refractivity contribution in [3.63, 3.8) is 0 Å². The lowest BCUT2D eigenvalue weighted by atomic mass is 10.0. The van der Waals surface area contributed by atoms with Crippen molar-refractivity contribution < 1.29 is 22.5 Å². The van der Waals surface area contributed by atoms with Crippen molar-refractivity contribution >= 4 is 16.1 Å². The zero-order valence-corrected chi connectivity index (χ0v) is 23.8. The Morgan fingerprint density at radius 1 is 0.735 bits per heavy atom. The van der Waals surface area contributed by atoms with Gasteiger partial charge in [0.2, 0.25) is 0 Å². The van der Waals surface area contributed by atoms with Gasteiger partial charge in [-0.2, -0.15) is 8.42 Å². The molecule has 34 heavy (non-hydrogen) atoms. The summed E-state index contributed by atoms with van der Waals surface area (Å²) in [6.07, 6.45) is 21.7. The van der Waals surface area contributed by atoms with E-state index in [1.807, 2.05) is 13.8 Å². The third kappa shape index (κ3) is 26.0. The number of esters is 1. The van der Waals surface area contributed by atoms with E-state index in [1.165, 1.54) is 96.8 Å². The normalized spacial score (nSPS) is 13.3. The number of hydrogen-bond donors (Lipinski definition) is 2. The highest BCUT2D eigenvalue weighted by Gasteiger charge is 2.22. The Hall–Kier alpha value is -0.660. The van der Waals surface area contributed by atoms with Crippen LogP contribution in [-0.4, -0.2) is 36.8 Å². The minimum Gasteiger partial charge on any atom is -0.461 e. The summed E-state index contributed by atoms with van der Waals surface area (Å²) in [4.78, 5) is 12.3. The molecule has 206 valence electrons. The van der Waals surface area contributed by atoms with Crippen molar-refractivity contribution in [3.8, 4) is 0 Å². The summed E-state index contributed by atoms with van der Waals surface area (Å²) in [7, 11) is -3.66. The fraction of sp³-hybridized carbons (Fsp3) is 0.963.